The Hall–Kier alpha value is -1.50. The monoisotopic (exact) mass is 298 g/mol. The van der Waals surface area contributed by atoms with Crippen LogP contribution in [0.15, 0.2) is 0 Å². The van der Waals surface area contributed by atoms with Gasteiger partial charge in [-0.1, -0.05) is 20.8 Å². The molecular weight excluding hydrogens is 272 g/mol. The third-order valence-corrected chi connectivity index (χ3v) is 2.84. The van der Waals surface area contributed by atoms with E-state index in [1.807, 2.05) is 41.5 Å². The summed E-state index contributed by atoms with van der Waals surface area (Å²) in [6.07, 6.45) is 0.557. The highest BCUT2D eigenvalue weighted by atomic mass is 16.5. The third-order valence-electron chi connectivity index (χ3n) is 2.84. The fraction of sp³-hybridized carbons (Fsp3) is 0.857. The second kappa shape index (κ2) is 6.51. The lowest BCUT2D eigenvalue weighted by Crippen LogP contribution is -2.27. The van der Waals surface area contributed by atoms with Gasteiger partial charge in [-0.15, -0.1) is 5.10 Å². The van der Waals surface area contributed by atoms with Gasteiger partial charge in [-0.05, 0) is 43.0 Å². The Balaban J connectivity index is 2.77. The summed E-state index contributed by atoms with van der Waals surface area (Å²) < 4.78 is 7.17. The zero-order valence-corrected chi connectivity index (χ0v) is 13.8. The van der Waals surface area contributed by atoms with E-state index in [0.717, 1.165) is 0 Å². The van der Waals surface area contributed by atoms with Gasteiger partial charge in [-0.3, -0.25) is 4.79 Å². The first-order valence-electron chi connectivity index (χ1n) is 7.10. The van der Waals surface area contributed by atoms with Crippen LogP contribution >= 0.6 is 0 Å². The number of rotatable bonds is 6. The molecule has 0 saturated heterocycles. The van der Waals surface area contributed by atoms with Crippen LogP contribution in [-0.4, -0.2) is 36.9 Å². The maximum absolute atomic E-state index is 11.4. The van der Waals surface area contributed by atoms with Crippen LogP contribution in [0.4, 0.5) is 0 Å². The Morgan fingerprint density at radius 2 is 1.90 bits per heavy atom. The lowest BCUT2D eigenvalue weighted by molar-refractivity contribution is -0.143. The molecule has 0 aliphatic rings. The summed E-state index contributed by atoms with van der Waals surface area (Å²) in [4.78, 5) is 11.4. The molecule has 1 rings (SSSR count). The van der Waals surface area contributed by atoms with Crippen LogP contribution in [0.3, 0.4) is 0 Å². The lowest BCUT2D eigenvalue weighted by Gasteiger charge is -2.23. The van der Waals surface area contributed by atoms with Crippen molar-refractivity contribution in [2.45, 2.75) is 66.7 Å². The molecule has 1 aromatic rings. The molecule has 1 heterocycles. The average molecular weight is 298 g/mol. The molecule has 0 fully saturated rings. The van der Waals surface area contributed by atoms with E-state index in [1.54, 1.807) is 0 Å². The first kappa shape index (κ1) is 17.6. The summed E-state index contributed by atoms with van der Waals surface area (Å²) in [6, 6.07) is 0. The van der Waals surface area contributed by atoms with Gasteiger partial charge in [0.25, 0.3) is 0 Å². The van der Waals surface area contributed by atoms with Crippen LogP contribution in [0, 0.1) is 11.3 Å². The number of nitrogens with zero attached hydrogens (tertiary/aromatic N) is 4. The van der Waals surface area contributed by atoms with Gasteiger partial charge in [-0.25, -0.2) is 4.68 Å². The van der Waals surface area contributed by atoms with Crippen molar-refractivity contribution in [1.82, 2.24) is 20.2 Å². The Labute approximate surface area is 125 Å². The predicted octanol–water partition coefficient (Wildman–Crippen LogP) is 2.13. The first-order chi connectivity index (χ1) is 9.48. The van der Waals surface area contributed by atoms with E-state index >= 15 is 0 Å². The molecule has 0 saturated carbocycles. The van der Waals surface area contributed by atoms with Gasteiger partial charge in [0.1, 0.15) is 6.61 Å². The number of carbonyl (C=O) groups is 1. The zero-order chi connectivity index (χ0) is 16.3. The SMILES string of the molecule is CC(C)(C)CC(Cn1nnnc1COC(C)(C)C)C(=O)O. The molecule has 1 aromatic heterocycles. The van der Waals surface area contributed by atoms with Gasteiger partial charge in [0.15, 0.2) is 5.82 Å². The molecule has 21 heavy (non-hydrogen) atoms. The number of ether oxygens (including phenoxy) is 1. The maximum Gasteiger partial charge on any atom is 0.308 e. The summed E-state index contributed by atoms with van der Waals surface area (Å²) >= 11 is 0. The van der Waals surface area contributed by atoms with Crippen LogP contribution in [0.25, 0.3) is 0 Å². The van der Waals surface area contributed by atoms with Crippen molar-refractivity contribution in [3.05, 3.63) is 5.82 Å². The highest BCUT2D eigenvalue weighted by Crippen LogP contribution is 2.25. The summed E-state index contributed by atoms with van der Waals surface area (Å²) in [5.41, 5.74) is -0.368. The summed E-state index contributed by atoms with van der Waals surface area (Å²) in [5.74, 6) is -0.810. The van der Waals surface area contributed by atoms with Crippen LogP contribution < -0.4 is 0 Å². The first-order valence-corrected chi connectivity index (χ1v) is 7.10. The van der Waals surface area contributed by atoms with Gasteiger partial charge in [0.05, 0.1) is 18.1 Å². The van der Waals surface area contributed by atoms with Gasteiger partial charge in [-0.2, -0.15) is 0 Å². The molecule has 7 heteroatoms. The Bertz CT molecular complexity index is 471. The second-order valence-electron chi connectivity index (χ2n) is 7.48. The number of hydrogen-bond acceptors (Lipinski definition) is 5. The third kappa shape index (κ3) is 6.66. The number of carboxylic acids is 1. The minimum Gasteiger partial charge on any atom is -0.481 e. The van der Waals surface area contributed by atoms with Crippen molar-refractivity contribution >= 4 is 5.97 Å². The minimum absolute atomic E-state index is 0.0703. The molecule has 1 N–H and O–H groups in total. The standard InChI is InChI=1S/C14H26N4O3/c1-13(2,3)7-10(12(19)20)8-18-11(15-16-17-18)9-21-14(4,5)6/h10H,7-9H2,1-6H3,(H,19,20). The van der Waals surface area contributed by atoms with Crippen molar-refractivity contribution in [1.29, 1.82) is 0 Å². The van der Waals surface area contributed by atoms with E-state index in [1.165, 1.54) is 4.68 Å². The molecule has 7 nitrogen and oxygen atoms in total. The molecular formula is C14H26N4O3. The molecule has 0 aliphatic carbocycles. The highest BCUT2D eigenvalue weighted by Gasteiger charge is 2.26. The van der Waals surface area contributed by atoms with Crippen molar-refractivity contribution < 1.29 is 14.6 Å². The number of tetrazole rings is 1. The fourth-order valence-electron chi connectivity index (χ4n) is 1.93. The number of carboxylic acid groups (broad SMARTS) is 1. The van der Waals surface area contributed by atoms with E-state index in [-0.39, 0.29) is 24.2 Å². The molecule has 0 spiro atoms. The highest BCUT2D eigenvalue weighted by molar-refractivity contribution is 5.69. The van der Waals surface area contributed by atoms with E-state index in [2.05, 4.69) is 15.5 Å². The average Bonchev–Trinajstić information content (AvgIpc) is 2.70. The molecule has 0 amide bonds. The Morgan fingerprint density at radius 3 is 2.38 bits per heavy atom. The minimum atomic E-state index is -0.830. The van der Waals surface area contributed by atoms with Gasteiger partial charge < -0.3 is 9.84 Å². The molecule has 1 atom stereocenters. The largest absolute Gasteiger partial charge is 0.481 e. The lowest BCUT2D eigenvalue weighted by atomic mass is 9.84. The Morgan fingerprint density at radius 1 is 1.29 bits per heavy atom. The Kier molecular flexibility index (Phi) is 5.44. The van der Waals surface area contributed by atoms with Crippen LogP contribution in [-0.2, 0) is 22.7 Å². The molecule has 120 valence electrons. The fourth-order valence-corrected chi connectivity index (χ4v) is 1.93. The quantitative estimate of drug-likeness (QED) is 0.865. The number of hydrogen-bond donors (Lipinski definition) is 1. The molecule has 0 bridgehead atoms. The van der Waals surface area contributed by atoms with Crippen molar-refractivity contribution in [2.75, 3.05) is 0 Å². The van der Waals surface area contributed by atoms with E-state index in [4.69, 9.17) is 4.74 Å². The topological polar surface area (TPSA) is 90.1 Å². The van der Waals surface area contributed by atoms with E-state index in [0.29, 0.717) is 12.2 Å². The molecule has 0 aromatic carbocycles. The molecule has 0 aliphatic heterocycles. The number of aromatic nitrogens is 4. The predicted molar refractivity (Wildman–Crippen MR) is 77.6 cm³/mol. The van der Waals surface area contributed by atoms with Crippen molar-refractivity contribution in [3.8, 4) is 0 Å². The van der Waals surface area contributed by atoms with Gasteiger partial charge >= 0.3 is 5.97 Å². The normalized spacial score (nSPS) is 14.2. The smallest absolute Gasteiger partial charge is 0.308 e. The van der Waals surface area contributed by atoms with Crippen molar-refractivity contribution in [2.24, 2.45) is 11.3 Å². The number of aliphatic carboxylic acids is 1. The summed E-state index contributed by atoms with van der Waals surface area (Å²) in [7, 11) is 0. The van der Waals surface area contributed by atoms with Gasteiger partial charge in [0.2, 0.25) is 0 Å². The van der Waals surface area contributed by atoms with Gasteiger partial charge in [0, 0.05) is 0 Å². The summed E-state index contributed by atoms with van der Waals surface area (Å²) in [5, 5.41) is 20.8. The van der Waals surface area contributed by atoms with E-state index in [9.17, 15) is 9.90 Å². The molecule has 1 unspecified atom stereocenters. The summed E-state index contributed by atoms with van der Waals surface area (Å²) in [6.45, 7) is 12.4. The van der Waals surface area contributed by atoms with E-state index < -0.39 is 11.9 Å². The van der Waals surface area contributed by atoms with Crippen LogP contribution in [0.5, 0.6) is 0 Å². The maximum atomic E-state index is 11.4. The van der Waals surface area contributed by atoms with Crippen molar-refractivity contribution in [3.63, 3.8) is 0 Å². The second-order valence-corrected chi connectivity index (χ2v) is 7.48. The molecule has 0 radical (unpaired) electrons. The van der Waals surface area contributed by atoms with Crippen LogP contribution in [0.2, 0.25) is 0 Å². The zero-order valence-electron chi connectivity index (χ0n) is 13.8. The van der Waals surface area contributed by atoms with Crippen LogP contribution in [0.1, 0.15) is 53.8 Å².